The molecule has 0 bridgehead atoms. The van der Waals surface area contributed by atoms with Crippen molar-refractivity contribution in [2.24, 2.45) is 76.4 Å². The molecule has 2 aromatic heterocycles. The molecule has 0 saturated heterocycles. The Morgan fingerprint density at radius 2 is 1.24 bits per heavy atom. The van der Waals surface area contributed by atoms with Gasteiger partial charge in [0.15, 0.2) is 5.76 Å². The summed E-state index contributed by atoms with van der Waals surface area (Å²) in [4.78, 5) is 31.5. The van der Waals surface area contributed by atoms with Gasteiger partial charge in [-0.1, -0.05) is 98.7 Å². The molecule has 0 spiro atoms. The molecule has 7 saturated carbocycles. The summed E-state index contributed by atoms with van der Waals surface area (Å²) in [6.07, 6.45) is 26.0. The molecule has 2 heterocycles. The number of Topliss-reactive ketones (excluding diaryl/α,β-unsaturated/α-hetero) is 1. The summed E-state index contributed by atoms with van der Waals surface area (Å²) in [5.74, 6) is 8.49. The predicted molar refractivity (Wildman–Crippen MR) is 302 cm³/mol. The van der Waals surface area contributed by atoms with Crippen LogP contribution in [0.2, 0.25) is 0 Å². The minimum atomic E-state index is -0.454. The van der Waals surface area contributed by atoms with E-state index >= 15 is 0 Å². The van der Waals surface area contributed by atoms with Crippen LogP contribution in [0.1, 0.15) is 202 Å². The van der Waals surface area contributed by atoms with Crippen LogP contribution in [-0.2, 0) is 9.63 Å². The molecule has 7 aliphatic carbocycles. The molecule has 7 fully saturated rings. The van der Waals surface area contributed by atoms with Crippen molar-refractivity contribution in [2.45, 2.75) is 203 Å². The second kappa shape index (κ2) is 27.6. The van der Waals surface area contributed by atoms with E-state index in [0.29, 0.717) is 23.5 Å². The smallest absolute Gasteiger partial charge is 0.464 e. The number of aliphatic hydroxyl groups is 2. The van der Waals surface area contributed by atoms with Crippen LogP contribution < -0.4 is 18.9 Å². The van der Waals surface area contributed by atoms with Crippen LogP contribution >= 0.6 is 0 Å². The molecule has 7 aliphatic rings. The van der Waals surface area contributed by atoms with Crippen molar-refractivity contribution in [3.63, 3.8) is 0 Å². The summed E-state index contributed by atoms with van der Waals surface area (Å²) in [5.41, 5.74) is 1.03. The van der Waals surface area contributed by atoms with Crippen molar-refractivity contribution in [1.82, 2.24) is 5.06 Å². The Morgan fingerprint density at radius 1 is 0.689 bits per heavy atom. The van der Waals surface area contributed by atoms with Crippen molar-refractivity contribution in [2.75, 3.05) is 14.2 Å². The first kappa shape index (κ1) is 63.7. The van der Waals surface area contributed by atoms with Crippen molar-refractivity contribution in [1.29, 1.82) is 0 Å². The molecule has 0 unspecified atom stereocenters. The normalized spacial score (nSPS) is 35.8. The van der Waals surface area contributed by atoms with Gasteiger partial charge in [0.1, 0.15) is 11.2 Å². The third-order valence-corrected chi connectivity index (χ3v) is 20.0. The van der Waals surface area contributed by atoms with Crippen LogP contribution in [0, 0.1) is 83.4 Å². The molecule has 11 rings (SSSR count). The summed E-state index contributed by atoms with van der Waals surface area (Å²) in [7, 11) is 3.34. The van der Waals surface area contributed by atoms with E-state index < -0.39 is 11.2 Å². The van der Waals surface area contributed by atoms with Gasteiger partial charge in [-0.3, -0.25) is 14.4 Å². The Morgan fingerprint density at radius 3 is 1.86 bits per heavy atom. The monoisotopic (exact) mass is 1020 g/mol. The number of fused-ring (bicyclic) bond motifs is 10. The number of para-hydroxylation sites is 2. The van der Waals surface area contributed by atoms with Crippen molar-refractivity contribution in [3.05, 3.63) is 79.6 Å². The predicted octanol–water partition coefficient (Wildman–Crippen LogP) is 14.0. The molecule has 2 aromatic carbocycles. The van der Waals surface area contributed by atoms with Gasteiger partial charge in [0, 0.05) is 29.7 Å². The summed E-state index contributed by atoms with van der Waals surface area (Å²) >= 11 is 0. The Hall–Kier alpha value is -2.86. The maximum atomic E-state index is 13.4. The van der Waals surface area contributed by atoms with E-state index in [1.807, 2.05) is 74.5 Å². The van der Waals surface area contributed by atoms with Crippen LogP contribution in [0.15, 0.2) is 75.8 Å². The first-order valence-corrected chi connectivity index (χ1v) is 28.1. The summed E-state index contributed by atoms with van der Waals surface area (Å²) in [5, 5.41) is 24.8. The second-order valence-corrected chi connectivity index (χ2v) is 24.4. The quantitative estimate of drug-likeness (QED) is 0.0886. The van der Waals surface area contributed by atoms with E-state index in [4.69, 9.17) is 13.7 Å². The first-order chi connectivity index (χ1) is 33.6. The Kier molecular flexibility index (Phi) is 23.8. The number of rotatable bonds is 5. The van der Waals surface area contributed by atoms with Gasteiger partial charge in [0.2, 0.25) is 11.7 Å². The fourth-order valence-electron chi connectivity index (χ4n) is 16.1. The van der Waals surface area contributed by atoms with Gasteiger partial charge in [-0.05, 0) is 212 Å². The number of hydrogen-bond acceptors (Lipinski definition) is 7. The van der Waals surface area contributed by atoms with Crippen molar-refractivity contribution in [3.8, 4) is 0 Å². The zero-order chi connectivity index (χ0) is 49.8. The van der Waals surface area contributed by atoms with Gasteiger partial charge < -0.3 is 26.0 Å². The van der Waals surface area contributed by atoms with Gasteiger partial charge in [0.25, 0.3) is 0 Å². The summed E-state index contributed by atoms with van der Waals surface area (Å²) in [6, 6.07) is 19.8. The van der Waals surface area contributed by atoms with Crippen LogP contribution in [0.3, 0.4) is 0 Å². The molecule has 74 heavy (non-hydrogen) atoms. The van der Waals surface area contributed by atoms with Crippen LogP contribution in [0.4, 0.5) is 0 Å². The standard InChI is InChI=1S/C28H38O3.C22H37NO3.C8H6O.C4H9.3CH4.Li/c1-18-10-13-23-19(11-12-21-17-28(2,30)15-14-24(21)23)7-5-8-22(18)27(29)26-16-20-6-3-4-9-25(20)31-26;1-21(25)11-9-15-14(13-21)5-6-17-16(15)10-12-22(2)18(17)7-8-19(22)20(24)23(3)26-4;1-2-4-8-7(3-1)5-6-9-8;1-3-4-2;;;;/h3-4,6,9,16,18-19,21-24,30H,5,7-8,10-15,17H2,1-2H3;14-19,25H,5-13H2,1-4H3;1-6H;1,3-4H2,2H3;3*1H4;/q;;;-1;;;;+1/t18-,19+,21+,22-,23-,24-,28+;14-,15+,16-,17-,18+,19-,21-,22+;;;;;;/m01....../s1. The number of benzene rings is 2. The number of ketones is 1. The summed E-state index contributed by atoms with van der Waals surface area (Å²) < 4.78 is 11.1. The first-order valence-electron chi connectivity index (χ1n) is 28.1. The van der Waals surface area contributed by atoms with Gasteiger partial charge in [-0.15, -0.1) is 0 Å². The average Bonchev–Trinajstić information content (AvgIpc) is 4.12. The van der Waals surface area contributed by atoms with Crippen molar-refractivity contribution < 1.29 is 52.3 Å². The third kappa shape index (κ3) is 14.2. The van der Waals surface area contributed by atoms with E-state index in [2.05, 4.69) is 27.7 Å². The van der Waals surface area contributed by atoms with Crippen LogP contribution in [-0.4, -0.2) is 52.3 Å². The number of carbonyl (C=O) groups is 2. The van der Waals surface area contributed by atoms with Gasteiger partial charge in [0.05, 0.1) is 24.6 Å². The minimum Gasteiger partial charge on any atom is -0.464 e. The fraction of sp³-hybridized carbons (Fsp3) is 0.708. The Labute approximate surface area is 461 Å². The van der Waals surface area contributed by atoms with Crippen molar-refractivity contribution >= 4 is 33.6 Å². The molecule has 410 valence electrons. The van der Waals surface area contributed by atoms with E-state index in [1.54, 1.807) is 20.4 Å². The number of amides is 1. The molecule has 15 atom stereocenters. The maximum Gasteiger partial charge on any atom is 1.00 e. The molecular weight excluding hydrogens is 914 g/mol. The largest absolute Gasteiger partial charge is 1.00 e. The van der Waals surface area contributed by atoms with Crippen LogP contribution in [0.25, 0.3) is 21.9 Å². The van der Waals surface area contributed by atoms with Gasteiger partial charge in [-0.2, -0.15) is 6.42 Å². The number of hydroxylamine groups is 2. The zero-order valence-corrected chi connectivity index (χ0v) is 45.2. The molecule has 9 heteroatoms. The third-order valence-electron chi connectivity index (χ3n) is 20.0. The number of nitrogens with zero attached hydrogens (tertiary/aromatic N) is 1. The number of furan rings is 2. The van der Waals surface area contributed by atoms with E-state index in [1.165, 1.54) is 82.1 Å². The summed E-state index contributed by atoms with van der Waals surface area (Å²) in [6.45, 7) is 14.5. The Bertz CT molecular complexity index is 2250. The molecule has 8 nitrogen and oxygen atoms in total. The second-order valence-electron chi connectivity index (χ2n) is 24.4. The average molecular weight is 1020 g/mol. The topological polar surface area (TPSA) is 113 Å². The number of carbonyl (C=O) groups excluding carboxylic acids is 2. The fourth-order valence-corrected chi connectivity index (χ4v) is 16.1. The van der Waals surface area contributed by atoms with Crippen LogP contribution in [0.5, 0.6) is 0 Å². The molecule has 0 aliphatic heterocycles. The maximum absolute atomic E-state index is 13.4. The molecule has 4 aromatic rings. The SMILES string of the molecule is C.C.C.CON(C)C(=O)[C@H]1CC[C@H]2[C@@H]3CC[C@@H]4C[C@](C)(O)CC[C@@H]4[C@H]3CC[C@]12C.C[C@H]1CC[C@H]2[C@H](CCC[C@@H]1C(=O)c1cc3ccccc3o1)CC[C@@H]1C[C@](C)(O)CC[C@@H]12.[CH2-]CCC.[Li+].c1ccc2occc2c1. The number of hydrogen-bond donors (Lipinski definition) is 2. The molecule has 1 amide bonds. The van der Waals surface area contributed by atoms with E-state index in [0.717, 1.165) is 121 Å². The van der Waals surface area contributed by atoms with Gasteiger partial charge in [-0.25, -0.2) is 5.06 Å². The Balaban J connectivity index is 0.000000249. The number of unbranched alkanes of at least 4 members (excludes halogenated alkanes) is 1. The molecule has 0 radical (unpaired) electrons. The zero-order valence-electron chi connectivity index (χ0n) is 45.2. The molecule has 2 N–H and O–H groups in total. The minimum absolute atomic E-state index is 0. The van der Waals surface area contributed by atoms with E-state index in [-0.39, 0.29) is 70.1 Å². The molecular formula is C65H102LiNO7. The van der Waals surface area contributed by atoms with E-state index in [9.17, 15) is 19.8 Å². The van der Waals surface area contributed by atoms with Gasteiger partial charge >= 0.3 is 18.9 Å².